The molecule has 0 saturated heterocycles. The molecular formula is C18H19ClFN5O. The van der Waals surface area contributed by atoms with Gasteiger partial charge < -0.3 is 15.0 Å². The number of anilines is 1. The van der Waals surface area contributed by atoms with Crippen LogP contribution in [0.1, 0.15) is 19.7 Å². The number of hydrogen-bond acceptors (Lipinski definition) is 5. The second-order valence-electron chi connectivity index (χ2n) is 6.07. The lowest BCUT2D eigenvalue weighted by molar-refractivity contribution is 0.0741. The molecular weight excluding hydrogens is 357 g/mol. The highest BCUT2D eigenvalue weighted by molar-refractivity contribution is 5.86. The Labute approximate surface area is 157 Å². The van der Waals surface area contributed by atoms with E-state index in [1.807, 2.05) is 13.8 Å². The summed E-state index contributed by atoms with van der Waals surface area (Å²) in [5.41, 5.74) is 7.02. The van der Waals surface area contributed by atoms with Crippen molar-refractivity contribution in [3.63, 3.8) is 0 Å². The summed E-state index contributed by atoms with van der Waals surface area (Å²) in [4.78, 5) is 13.1. The van der Waals surface area contributed by atoms with Gasteiger partial charge in [0.25, 0.3) is 0 Å². The number of nitrogen functional groups attached to an aromatic ring is 1. The van der Waals surface area contributed by atoms with Gasteiger partial charge in [0.05, 0.1) is 0 Å². The van der Waals surface area contributed by atoms with Crippen molar-refractivity contribution >= 4 is 29.4 Å². The number of aromatic nitrogens is 4. The van der Waals surface area contributed by atoms with Crippen LogP contribution < -0.4 is 5.73 Å². The fraction of sp³-hybridized carbons (Fsp3) is 0.278. The molecule has 1 aromatic carbocycles. The summed E-state index contributed by atoms with van der Waals surface area (Å²) < 4.78 is 20.5. The number of aryl methyl sites for hydroxylation is 1. The fourth-order valence-corrected chi connectivity index (χ4v) is 2.28. The van der Waals surface area contributed by atoms with Crippen molar-refractivity contribution < 1.29 is 9.13 Å². The molecule has 0 aliphatic rings. The molecule has 2 heterocycles. The molecule has 0 amide bonds. The van der Waals surface area contributed by atoms with Gasteiger partial charge >= 0.3 is 0 Å². The number of methoxy groups -OCH3 is 1. The molecule has 2 aromatic heterocycles. The molecule has 0 aliphatic carbocycles. The lowest BCUT2D eigenvalue weighted by atomic mass is 10.1. The number of rotatable bonds is 2. The summed E-state index contributed by atoms with van der Waals surface area (Å²) in [5.74, 6) is 6.55. The van der Waals surface area contributed by atoms with Crippen molar-refractivity contribution in [2.45, 2.75) is 19.4 Å². The Kier molecular flexibility index (Phi) is 5.50. The molecule has 0 unspecified atom stereocenters. The van der Waals surface area contributed by atoms with E-state index in [0.717, 1.165) is 0 Å². The molecule has 136 valence electrons. The summed E-state index contributed by atoms with van der Waals surface area (Å²) in [6.45, 7) is 3.68. The van der Waals surface area contributed by atoms with Gasteiger partial charge in [0.1, 0.15) is 17.2 Å². The molecule has 0 saturated carbocycles. The first-order chi connectivity index (χ1) is 11.8. The summed E-state index contributed by atoms with van der Waals surface area (Å²) >= 11 is 0. The number of ether oxygens (including phenoxy) is 1. The van der Waals surface area contributed by atoms with E-state index in [9.17, 15) is 4.39 Å². The van der Waals surface area contributed by atoms with Crippen LogP contribution in [0.2, 0.25) is 0 Å². The van der Waals surface area contributed by atoms with Crippen LogP contribution in [0.25, 0.3) is 22.6 Å². The van der Waals surface area contributed by atoms with Crippen molar-refractivity contribution in [3.8, 4) is 23.2 Å². The van der Waals surface area contributed by atoms with Crippen molar-refractivity contribution in [1.29, 1.82) is 0 Å². The molecule has 0 bridgehead atoms. The molecule has 0 atom stereocenters. The number of nitrogens with zero attached hydrogens (tertiary/aromatic N) is 4. The predicted molar refractivity (Wildman–Crippen MR) is 101 cm³/mol. The minimum atomic E-state index is -0.619. The highest BCUT2D eigenvalue weighted by Crippen LogP contribution is 2.25. The van der Waals surface area contributed by atoms with Crippen LogP contribution in [0.5, 0.6) is 0 Å². The average molecular weight is 376 g/mol. The number of imidazole rings is 1. The maximum atomic E-state index is 13.5. The van der Waals surface area contributed by atoms with Crippen LogP contribution in [-0.4, -0.2) is 32.2 Å². The largest absolute Gasteiger partial charge is 0.382 e. The van der Waals surface area contributed by atoms with Crippen molar-refractivity contribution in [3.05, 3.63) is 35.9 Å². The molecule has 0 radical (unpaired) electrons. The van der Waals surface area contributed by atoms with Crippen LogP contribution in [0.4, 0.5) is 10.2 Å². The van der Waals surface area contributed by atoms with E-state index in [1.165, 1.54) is 12.1 Å². The van der Waals surface area contributed by atoms with Crippen LogP contribution >= 0.6 is 12.4 Å². The maximum Gasteiger partial charge on any atom is 0.209 e. The Morgan fingerprint density at radius 3 is 2.62 bits per heavy atom. The lowest BCUT2D eigenvalue weighted by Gasteiger charge is -2.13. The van der Waals surface area contributed by atoms with Crippen LogP contribution in [-0.2, 0) is 11.8 Å². The van der Waals surface area contributed by atoms with Gasteiger partial charge in [-0.3, -0.25) is 0 Å². The number of hydrogen-bond donors (Lipinski definition) is 1. The first-order valence-corrected chi connectivity index (χ1v) is 7.65. The van der Waals surface area contributed by atoms with Gasteiger partial charge in [-0.1, -0.05) is 18.1 Å². The third-order valence-corrected chi connectivity index (χ3v) is 3.81. The number of nitrogens with two attached hydrogens (primary N) is 1. The van der Waals surface area contributed by atoms with Crippen molar-refractivity contribution in [1.82, 2.24) is 19.5 Å². The number of halogens is 2. The molecule has 26 heavy (non-hydrogen) atoms. The summed E-state index contributed by atoms with van der Waals surface area (Å²) in [6.07, 6.45) is 0. The molecule has 8 heteroatoms. The zero-order chi connectivity index (χ0) is 18.2. The third kappa shape index (κ3) is 3.77. The summed E-state index contributed by atoms with van der Waals surface area (Å²) in [7, 11) is 3.37. The van der Waals surface area contributed by atoms with Crippen LogP contribution in [0.15, 0.2) is 24.3 Å². The minimum Gasteiger partial charge on any atom is -0.382 e. The first-order valence-electron chi connectivity index (χ1n) is 7.65. The SMILES string of the molecule is COC(C)(C)C#Cc1nc(N)c2nc(-c3cccc(F)c3)n(C)c2n1.Cl. The second kappa shape index (κ2) is 7.28. The highest BCUT2D eigenvalue weighted by Gasteiger charge is 2.16. The molecule has 3 aromatic rings. The van der Waals surface area contributed by atoms with E-state index in [-0.39, 0.29) is 29.9 Å². The average Bonchev–Trinajstić information content (AvgIpc) is 2.91. The Morgan fingerprint density at radius 1 is 1.23 bits per heavy atom. The number of fused-ring (bicyclic) bond motifs is 1. The predicted octanol–water partition coefficient (Wildman–Crippen LogP) is 2.95. The third-order valence-electron chi connectivity index (χ3n) is 3.81. The van der Waals surface area contributed by atoms with E-state index < -0.39 is 5.60 Å². The Morgan fingerprint density at radius 2 is 1.96 bits per heavy atom. The Bertz CT molecular complexity index is 1020. The zero-order valence-corrected chi connectivity index (χ0v) is 15.7. The van der Waals surface area contributed by atoms with Gasteiger partial charge in [-0.2, -0.15) is 0 Å². The monoisotopic (exact) mass is 375 g/mol. The molecule has 0 spiro atoms. The Balaban J connectivity index is 0.00000243. The maximum absolute atomic E-state index is 13.5. The minimum absolute atomic E-state index is 0. The van der Waals surface area contributed by atoms with Gasteiger partial charge in [0.2, 0.25) is 5.82 Å². The van der Waals surface area contributed by atoms with E-state index in [4.69, 9.17) is 10.5 Å². The first kappa shape index (κ1) is 19.6. The van der Waals surface area contributed by atoms with Crippen LogP contribution in [0.3, 0.4) is 0 Å². The topological polar surface area (TPSA) is 78.9 Å². The standard InChI is InChI=1S/C18H18FN5O.ClH/c1-18(2,25-4)9-8-13-21-15(20)14-17(22-13)24(3)16(23-14)11-6-5-7-12(19)10-11;/h5-7,10H,1-4H3,(H2,20,21,22);1H. The van der Waals surface area contributed by atoms with Gasteiger partial charge in [-0.05, 0) is 31.9 Å². The molecule has 0 fully saturated rings. The molecule has 0 aliphatic heterocycles. The summed E-state index contributed by atoms with van der Waals surface area (Å²) in [6, 6.07) is 6.19. The molecule has 2 N–H and O–H groups in total. The molecule has 6 nitrogen and oxygen atoms in total. The van der Waals surface area contributed by atoms with Gasteiger partial charge in [0.15, 0.2) is 17.0 Å². The van der Waals surface area contributed by atoms with Crippen molar-refractivity contribution in [2.24, 2.45) is 7.05 Å². The lowest BCUT2D eigenvalue weighted by Crippen LogP contribution is -2.19. The highest BCUT2D eigenvalue weighted by atomic mass is 35.5. The van der Waals surface area contributed by atoms with Crippen LogP contribution in [0, 0.1) is 17.7 Å². The van der Waals surface area contributed by atoms with E-state index in [1.54, 1.807) is 30.9 Å². The van der Waals surface area contributed by atoms with Gasteiger partial charge in [-0.15, -0.1) is 12.4 Å². The van der Waals surface area contributed by atoms with Gasteiger partial charge in [-0.25, -0.2) is 19.3 Å². The normalized spacial score (nSPS) is 11.0. The number of benzene rings is 1. The zero-order valence-electron chi connectivity index (χ0n) is 14.9. The van der Waals surface area contributed by atoms with E-state index >= 15 is 0 Å². The smallest absolute Gasteiger partial charge is 0.209 e. The second-order valence-corrected chi connectivity index (χ2v) is 6.07. The van der Waals surface area contributed by atoms with E-state index in [0.29, 0.717) is 22.6 Å². The van der Waals surface area contributed by atoms with Crippen molar-refractivity contribution in [2.75, 3.05) is 12.8 Å². The van der Waals surface area contributed by atoms with Gasteiger partial charge in [0, 0.05) is 19.7 Å². The Hall–Kier alpha value is -2.69. The quantitative estimate of drug-likeness (QED) is 0.697. The summed E-state index contributed by atoms with van der Waals surface area (Å²) in [5, 5.41) is 0. The van der Waals surface area contributed by atoms with E-state index in [2.05, 4.69) is 26.8 Å². The molecule has 3 rings (SSSR count). The fourth-order valence-electron chi connectivity index (χ4n) is 2.28.